The zero-order valence-corrected chi connectivity index (χ0v) is 15.0. The molecule has 0 aromatic carbocycles. The van der Waals surface area contributed by atoms with Crippen molar-refractivity contribution in [2.45, 2.75) is 20.8 Å². The Kier molecular flexibility index (Phi) is 3.80. The van der Waals surface area contributed by atoms with E-state index >= 15 is 0 Å². The molecule has 1 aliphatic rings. The van der Waals surface area contributed by atoms with Crippen LogP contribution in [-0.2, 0) is 0 Å². The molecule has 4 heterocycles. The van der Waals surface area contributed by atoms with Crippen LogP contribution in [0.2, 0.25) is 0 Å². The Bertz CT molecular complexity index is 882. The largest absolute Gasteiger partial charge is 0.352 e. The van der Waals surface area contributed by atoms with E-state index in [0.717, 1.165) is 59.4 Å². The number of rotatable bonds is 2. The van der Waals surface area contributed by atoms with Gasteiger partial charge in [0.2, 0.25) is 5.95 Å². The second-order valence-corrected chi connectivity index (χ2v) is 7.42. The SMILES string of the molecule is Cc1cc2c(N3CCN(c4ncc(C)c(C)n4)CC3)ncnc2s1. The van der Waals surface area contributed by atoms with E-state index in [1.807, 2.05) is 20.0 Å². The Morgan fingerprint density at radius 3 is 2.46 bits per heavy atom. The molecule has 4 rings (SSSR count). The van der Waals surface area contributed by atoms with E-state index in [2.05, 4.69) is 42.7 Å². The lowest BCUT2D eigenvalue weighted by molar-refractivity contribution is 0.634. The number of thiophene rings is 1. The molecule has 124 valence electrons. The number of aryl methyl sites for hydroxylation is 3. The van der Waals surface area contributed by atoms with Gasteiger partial charge in [0, 0.05) is 42.9 Å². The molecule has 0 N–H and O–H groups in total. The average molecular weight is 340 g/mol. The first-order chi connectivity index (χ1) is 11.6. The topological polar surface area (TPSA) is 58.0 Å². The molecule has 3 aromatic heterocycles. The molecular weight excluding hydrogens is 320 g/mol. The van der Waals surface area contributed by atoms with Crippen molar-refractivity contribution >= 4 is 33.3 Å². The third kappa shape index (κ3) is 2.69. The zero-order valence-electron chi connectivity index (χ0n) is 14.2. The fourth-order valence-corrected chi connectivity index (χ4v) is 3.84. The molecular formula is C17H20N6S. The Hall–Kier alpha value is -2.28. The van der Waals surface area contributed by atoms with Gasteiger partial charge in [0.05, 0.1) is 5.39 Å². The van der Waals surface area contributed by atoms with Crippen molar-refractivity contribution in [2.75, 3.05) is 36.0 Å². The van der Waals surface area contributed by atoms with Gasteiger partial charge in [-0.05, 0) is 32.4 Å². The van der Waals surface area contributed by atoms with Gasteiger partial charge in [0.25, 0.3) is 0 Å². The molecule has 0 unspecified atom stereocenters. The van der Waals surface area contributed by atoms with Crippen LogP contribution in [0.3, 0.4) is 0 Å². The van der Waals surface area contributed by atoms with Gasteiger partial charge in [-0.25, -0.2) is 19.9 Å². The molecule has 0 spiro atoms. The minimum Gasteiger partial charge on any atom is -0.352 e. The van der Waals surface area contributed by atoms with Crippen molar-refractivity contribution in [3.63, 3.8) is 0 Å². The van der Waals surface area contributed by atoms with E-state index in [9.17, 15) is 0 Å². The lowest BCUT2D eigenvalue weighted by atomic mass is 10.2. The Morgan fingerprint density at radius 1 is 0.958 bits per heavy atom. The van der Waals surface area contributed by atoms with Gasteiger partial charge in [-0.1, -0.05) is 0 Å². The third-order valence-corrected chi connectivity index (χ3v) is 5.46. The molecule has 0 atom stereocenters. The number of piperazine rings is 1. The van der Waals surface area contributed by atoms with Crippen molar-refractivity contribution in [3.8, 4) is 0 Å². The summed E-state index contributed by atoms with van der Waals surface area (Å²) in [5, 5.41) is 1.16. The molecule has 0 bridgehead atoms. The highest BCUT2D eigenvalue weighted by atomic mass is 32.1. The van der Waals surface area contributed by atoms with Crippen LogP contribution in [0, 0.1) is 20.8 Å². The first-order valence-electron chi connectivity index (χ1n) is 8.13. The van der Waals surface area contributed by atoms with E-state index in [4.69, 9.17) is 0 Å². The van der Waals surface area contributed by atoms with Gasteiger partial charge in [0.1, 0.15) is 17.0 Å². The predicted octanol–water partition coefficient (Wildman–Crippen LogP) is 2.73. The smallest absolute Gasteiger partial charge is 0.225 e. The van der Waals surface area contributed by atoms with Crippen LogP contribution in [0.1, 0.15) is 16.1 Å². The van der Waals surface area contributed by atoms with Crippen molar-refractivity contribution in [1.82, 2.24) is 19.9 Å². The van der Waals surface area contributed by atoms with Crippen LogP contribution in [0.4, 0.5) is 11.8 Å². The number of anilines is 2. The Balaban J connectivity index is 1.54. The maximum Gasteiger partial charge on any atom is 0.225 e. The number of fused-ring (bicyclic) bond motifs is 1. The molecule has 1 aliphatic heterocycles. The van der Waals surface area contributed by atoms with Gasteiger partial charge in [-0.2, -0.15) is 0 Å². The molecule has 0 radical (unpaired) electrons. The van der Waals surface area contributed by atoms with Crippen LogP contribution in [-0.4, -0.2) is 46.1 Å². The molecule has 0 amide bonds. The second kappa shape index (κ2) is 5.98. The molecule has 0 saturated carbocycles. The fraction of sp³-hybridized carbons (Fsp3) is 0.412. The van der Waals surface area contributed by atoms with Gasteiger partial charge in [-0.3, -0.25) is 0 Å². The van der Waals surface area contributed by atoms with E-state index in [1.165, 1.54) is 4.88 Å². The van der Waals surface area contributed by atoms with Crippen molar-refractivity contribution in [1.29, 1.82) is 0 Å². The Morgan fingerprint density at radius 2 is 1.71 bits per heavy atom. The summed E-state index contributed by atoms with van der Waals surface area (Å²) < 4.78 is 0. The van der Waals surface area contributed by atoms with Crippen LogP contribution in [0.5, 0.6) is 0 Å². The van der Waals surface area contributed by atoms with Crippen LogP contribution in [0.25, 0.3) is 10.2 Å². The van der Waals surface area contributed by atoms with Crippen molar-refractivity contribution in [3.05, 3.63) is 34.7 Å². The van der Waals surface area contributed by atoms with Gasteiger partial charge < -0.3 is 9.80 Å². The summed E-state index contributed by atoms with van der Waals surface area (Å²) in [6, 6.07) is 2.19. The zero-order chi connectivity index (χ0) is 16.7. The third-order valence-electron chi connectivity index (χ3n) is 4.51. The summed E-state index contributed by atoms with van der Waals surface area (Å²) in [6.07, 6.45) is 3.58. The summed E-state index contributed by atoms with van der Waals surface area (Å²) >= 11 is 1.72. The number of nitrogens with zero attached hydrogens (tertiary/aromatic N) is 6. The maximum absolute atomic E-state index is 4.62. The monoisotopic (exact) mass is 340 g/mol. The van der Waals surface area contributed by atoms with Crippen molar-refractivity contribution < 1.29 is 0 Å². The molecule has 7 heteroatoms. The molecule has 1 saturated heterocycles. The van der Waals surface area contributed by atoms with Gasteiger partial charge >= 0.3 is 0 Å². The number of aromatic nitrogens is 4. The van der Waals surface area contributed by atoms with Crippen molar-refractivity contribution in [2.24, 2.45) is 0 Å². The minimum absolute atomic E-state index is 0.831. The summed E-state index contributed by atoms with van der Waals surface area (Å²) in [5.74, 6) is 1.88. The number of hydrogen-bond donors (Lipinski definition) is 0. The van der Waals surface area contributed by atoms with Crippen LogP contribution in [0.15, 0.2) is 18.6 Å². The first kappa shape index (κ1) is 15.3. The molecule has 6 nitrogen and oxygen atoms in total. The van der Waals surface area contributed by atoms with Crippen LogP contribution < -0.4 is 9.80 Å². The predicted molar refractivity (Wildman–Crippen MR) is 98.1 cm³/mol. The summed E-state index contributed by atoms with van der Waals surface area (Å²) in [7, 11) is 0. The lowest BCUT2D eigenvalue weighted by Crippen LogP contribution is -2.47. The summed E-state index contributed by atoms with van der Waals surface area (Å²) in [6.45, 7) is 9.82. The molecule has 3 aromatic rings. The van der Waals surface area contributed by atoms with E-state index in [0.29, 0.717) is 0 Å². The maximum atomic E-state index is 4.62. The standard InChI is InChI=1S/C17H20N6S/c1-11-9-18-17(21-13(11)3)23-6-4-22(5-7-23)15-14-8-12(2)24-16(14)20-10-19-15/h8-10H,4-7H2,1-3H3. The summed E-state index contributed by atoms with van der Waals surface area (Å²) in [4.78, 5) is 25.0. The highest BCUT2D eigenvalue weighted by molar-refractivity contribution is 7.18. The first-order valence-corrected chi connectivity index (χ1v) is 8.95. The summed E-state index contributed by atoms with van der Waals surface area (Å²) in [5.41, 5.74) is 2.18. The molecule has 24 heavy (non-hydrogen) atoms. The molecule has 0 aliphatic carbocycles. The number of hydrogen-bond acceptors (Lipinski definition) is 7. The van der Waals surface area contributed by atoms with E-state index in [-0.39, 0.29) is 0 Å². The van der Waals surface area contributed by atoms with E-state index in [1.54, 1.807) is 17.7 Å². The van der Waals surface area contributed by atoms with E-state index < -0.39 is 0 Å². The average Bonchev–Trinajstić information content (AvgIpc) is 2.97. The minimum atomic E-state index is 0.831. The van der Waals surface area contributed by atoms with Crippen LogP contribution >= 0.6 is 11.3 Å². The second-order valence-electron chi connectivity index (χ2n) is 6.19. The van der Waals surface area contributed by atoms with Gasteiger partial charge in [-0.15, -0.1) is 11.3 Å². The quantitative estimate of drug-likeness (QED) is 0.715. The lowest BCUT2D eigenvalue weighted by Gasteiger charge is -2.35. The highest BCUT2D eigenvalue weighted by Gasteiger charge is 2.22. The Labute approximate surface area is 145 Å². The normalized spacial score (nSPS) is 15.3. The highest BCUT2D eigenvalue weighted by Crippen LogP contribution is 2.30. The molecule has 1 fully saturated rings. The fourth-order valence-electron chi connectivity index (χ4n) is 3.00. The van der Waals surface area contributed by atoms with Gasteiger partial charge in [0.15, 0.2) is 0 Å².